The van der Waals surface area contributed by atoms with Gasteiger partial charge in [0.2, 0.25) is 0 Å². The SMILES string of the molecule is COc1ccccc1NC(=O)c1ccc(NC(=O)c2ccc(=O)[nH]n2)cc1. The maximum Gasteiger partial charge on any atom is 0.276 e. The molecule has 3 aromatic rings. The molecule has 0 saturated heterocycles. The highest BCUT2D eigenvalue weighted by molar-refractivity contribution is 6.06. The number of rotatable bonds is 5. The second kappa shape index (κ2) is 7.96. The van der Waals surface area contributed by atoms with Crippen molar-refractivity contribution >= 4 is 23.2 Å². The smallest absolute Gasteiger partial charge is 0.276 e. The van der Waals surface area contributed by atoms with Crippen LogP contribution in [0.1, 0.15) is 20.8 Å². The fourth-order valence-corrected chi connectivity index (χ4v) is 2.31. The number of hydrogen-bond donors (Lipinski definition) is 3. The molecule has 136 valence electrons. The van der Waals surface area contributed by atoms with Crippen LogP contribution in [0.5, 0.6) is 5.75 Å². The number of para-hydroxylation sites is 2. The molecule has 0 fully saturated rings. The summed E-state index contributed by atoms with van der Waals surface area (Å²) >= 11 is 0. The van der Waals surface area contributed by atoms with E-state index in [-0.39, 0.29) is 11.6 Å². The van der Waals surface area contributed by atoms with E-state index >= 15 is 0 Å². The van der Waals surface area contributed by atoms with Crippen molar-refractivity contribution < 1.29 is 14.3 Å². The first-order valence-electron chi connectivity index (χ1n) is 7.98. The summed E-state index contributed by atoms with van der Waals surface area (Å²) in [7, 11) is 1.53. The van der Waals surface area contributed by atoms with Gasteiger partial charge in [-0.3, -0.25) is 14.4 Å². The molecule has 8 heteroatoms. The number of aromatic amines is 1. The number of nitrogens with zero attached hydrogens (tertiary/aromatic N) is 1. The van der Waals surface area contributed by atoms with Gasteiger partial charge in [0.05, 0.1) is 12.8 Å². The van der Waals surface area contributed by atoms with Crippen molar-refractivity contribution in [2.45, 2.75) is 0 Å². The van der Waals surface area contributed by atoms with E-state index in [9.17, 15) is 14.4 Å². The van der Waals surface area contributed by atoms with Gasteiger partial charge in [-0.25, -0.2) is 5.10 Å². The zero-order valence-corrected chi connectivity index (χ0v) is 14.4. The molecule has 3 N–H and O–H groups in total. The first-order valence-corrected chi connectivity index (χ1v) is 7.98. The van der Waals surface area contributed by atoms with E-state index in [0.29, 0.717) is 22.7 Å². The summed E-state index contributed by atoms with van der Waals surface area (Å²) in [5.41, 5.74) is 1.15. The largest absolute Gasteiger partial charge is 0.495 e. The summed E-state index contributed by atoms with van der Waals surface area (Å²) in [5.74, 6) is -0.222. The molecule has 8 nitrogen and oxygen atoms in total. The molecule has 1 heterocycles. The third-order valence-electron chi connectivity index (χ3n) is 3.67. The number of hydrogen-bond acceptors (Lipinski definition) is 5. The molecule has 0 aliphatic carbocycles. The lowest BCUT2D eigenvalue weighted by molar-refractivity contribution is 0.101. The van der Waals surface area contributed by atoms with Gasteiger partial charge >= 0.3 is 0 Å². The minimum Gasteiger partial charge on any atom is -0.495 e. The fourth-order valence-electron chi connectivity index (χ4n) is 2.31. The van der Waals surface area contributed by atoms with E-state index in [1.165, 1.54) is 19.2 Å². The van der Waals surface area contributed by atoms with Crippen molar-refractivity contribution in [1.82, 2.24) is 10.2 Å². The van der Waals surface area contributed by atoms with E-state index in [1.807, 2.05) is 6.07 Å². The Bertz CT molecular complexity index is 1010. The summed E-state index contributed by atoms with van der Waals surface area (Å²) in [6, 6.07) is 16.0. The van der Waals surface area contributed by atoms with Gasteiger partial charge < -0.3 is 15.4 Å². The molecule has 2 aromatic carbocycles. The number of methoxy groups -OCH3 is 1. The Hall–Kier alpha value is -3.94. The molecule has 0 saturated carbocycles. The summed E-state index contributed by atoms with van der Waals surface area (Å²) in [6.07, 6.45) is 0. The second-order valence-corrected chi connectivity index (χ2v) is 5.49. The summed E-state index contributed by atoms with van der Waals surface area (Å²) in [4.78, 5) is 35.4. The number of H-pyrrole nitrogens is 1. The van der Waals surface area contributed by atoms with Crippen molar-refractivity contribution in [1.29, 1.82) is 0 Å². The van der Waals surface area contributed by atoms with Crippen molar-refractivity contribution in [3.8, 4) is 5.75 Å². The van der Waals surface area contributed by atoms with Crippen LogP contribution in [0.4, 0.5) is 11.4 Å². The van der Waals surface area contributed by atoms with Gasteiger partial charge in [-0.1, -0.05) is 12.1 Å². The Kier molecular flexibility index (Phi) is 5.27. The molecule has 2 amide bonds. The van der Waals surface area contributed by atoms with Crippen molar-refractivity contribution in [3.63, 3.8) is 0 Å². The van der Waals surface area contributed by atoms with Crippen LogP contribution in [0.15, 0.2) is 65.5 Å². The molecule has 0 aliphatic heterocycles. The zero-order valence-electron chi connectivity index (χ0n) is 14.4. The van der Waals surface area contributed by atoms with Crippen molar-refractivity contribution in [2.75, 3.05) is 17.7 Å². The lowest BCUT2D eigenvalue weighted by Crippen LogP contribution is -2.17. The van der Waals surface area contributed by atoms with Gasteiger partial charge in [0.15, 0.2) is 0 Å². The van der Waals surface area contributed by atoms with Crippen LogP contribution in [0.3, 0.4) is 0 Å². The Labute approximate surface area is 154 Å². The average Bonchev–Trinajstić information content (AvgIpc) is 2.69. The highest BCUT2D eigenvalue weighted by Gasteiger charge is 2.11. The molecular formula is C19H16N4O4. The Morgan fingerprint density at radius 2 is 1.67 bits per heavy atom. The molecule has 0 atom stereocenters. The predicted octanol–water partition coefficient (Wildman–Crippen LogP) is 2.28. The van der Waals surface area contributed by atoms with Gasteiger partial charge in [0.1, 0.15) is 11.4 Å². The van der Waals surface area contributed by atoms with Crippen molar-refractivity contribution in [2.24, 2.45) is 0 Å². The number of aromatic nitrogens is 2. The van der Waals surface area contributed by atoms with Crippen LogP contribution in [0.2, 0.25) is 0 Å². The zero-order chi connectivity index (χ0) is 19.2. The third kappa shape index (κ3) is 4.37. The topological polar surface area (TPSA) is 113 Å². The average molecular weight is 364 g/mol. The van der Waals surface area contributed by atoms with E-state index < -0.39 is 11.5 Å². The number of amides is 2. The van der Waals surface area contributed by atoms with Crippen LogP contribution in [0, 0.1) is 0 Å². The minimum absolute atomic E-state index is 0.0765. The molecular weight excluding hydrogens is 348 g/mol. The van der Waals surface area contributed by atoms with E-state index in [1.54, 1.807) is 42.5 Å². The molecule has 0 bridgehead atoms. The molecule has 3 rings (SSSR count). The predicted molar refractivity (Wildman–Crippen MR) is 100 cm³/mol. The van der Waals surface area contributed by atoms with Crippen LogP contribution in [-0.4, -0.2) is 29.1 Å². The van der Waals surface area contributed by atoms with Gasteiger partial charge in [-0.15, -0.1) is 0 Å². The number of benzene rings is 2. The maximum absolute atomic E-state index is 12.4. The van der Waals surface area contributed by atoms with Gasteiger partial charge in [0, 0.05) is 17.3 Å². The molecule has 0 unspecified atom stereocenters. The van der Waals surface area contributed by atoms with Gasteiger partial charge in [-0.2, -0.15) is 5.10 Å². The van der Waals surface area contributed by atoms with E-state index in [2.05, 4.69) is 20.8 Å². The van der Waals surface area contributed by atoms with E-state index in [4.69, 9.17) is 4.74 Å². The first kappa shape index (κ1) is 17.9. The summed E-state index contributed by atoms with van der Waals surface area (Å²) in [5, 5.41) is 11.3. The Morgan fingerprint density at radius 1 is 0.926 bits per heavy atom. The van der Waals surface area contributed by atoms with Gasteiger partial charge in [-0.05, 0) is 42.5 Å². The van der Waals surface area contributed by atoms with Gasteiger partial charge in [0.25, 0.3) is 17.4 Å². The van der Waals surface area contributed by atoms with Crippen LogP contribution < -0.4 is 20.9 Å². The van der Waals surface area contributed by atoms with Crippen LogP contribution >= 0.6 is 0 Å². The second-order valence-electron chi connectivity index (χ2n) is 5.49. The molecule has 0 spiro atoms. The number of carbonyl (C=O) groups is 2. The Balaban J connectivity index is 1.67. The monoisotopic (exact) mass is 364 g/mol. The molecule has 27 heavy (non-hydrogen) atoms. The first-order chi connectivity index (χ1) is 13.1. The quantitative estimate of drug-likeness (QED) is 0.643. The van der Waals surface area contributed by atoms with Crippen LogP contribution in [-0.2, 0) is 0 Å². The highest BCUT2D eigenvalue weighted by atomic mass is 16.5. The number of anilines is 2. The molecule has 0 radical (unpaired) electrons. The minimum atomic E-state index is -0.475. The van der Waals surface area contributed by atoms with E-state index in [0.717, 1.165) is 0 Å². The standard InChI is InChI=1S/C19H16N4O4/c1-27-16-5-3-2-4-14(16)21-18(25)12-6-8-13(9-7-12)20-19(26)15-10-11-17(24)23-22-15/h2-11H,1H3,(H,20,26)(H,21,25)(H,23,24). The maximum atomic E-state index is 12.4. The number of carbonyl (C=O) groups excluding carboxylic acids is 2. The summed E-state index contributed by atoms with van der Waals surface area (Å²) in [6.45, 7) is 0. The fraction of sp³-hybridized carbons (Fsp3) is 0.0526. The van der Waals surface area contributed by atoms with Crippen molar-refractivity contribution in [3.05, 3.63) is 82.3 Å². The number of nitrogens with one attached hydrogen (secondary N) is 3. The normalized spacial score (nSPS) is 10.1. The molecule has 1 aromatic heterocycles. The summed E-state index contributed by atoms with van der Waals surface area (Å²) < 4.78 is 5.20. The van der Waals surface area contributed by atoms with Crippen LogP contribution in [0.25, 0.3) is 0 Å². The Morgan fingerprint density at radius 3 is 2.33 bits per heavy atom. The lowest BCUT2D eigenvalue weighted by atomic mass is 10.2. The lowest BCUT2D eigenvalue weighted by Gasteiger charge is -2.10. The molecule has 0 aliphatic rings. The highest BCUT2D eigenvalue weighted by Crippen LogP contribution is 2.23. The third-order valence-corrected chi connectivity index (χ3v) is 3.67. The number of ether oxygens (including phenoxy) is 1.